The lowest BCUT2D eigenvalue weighted by Gasteiger charge is -2.49. The molecule has 1 saturated heterocycles. The van der Waals surface area contributed by atoms with Gasteiger partial charge in [-0.1, -0.05) is 108 Å². The van der Waals surface area contributed by atoms with Crippen molar-refractivity contribution < 1.29 is 42.6 Å². The highest BCUT2D eigenvalue weighted by atomic mass is 32.2. The highest BCUT2D eigenvalue weighted by molar-refractivity contribution is 8.06. The van der Waals surface area contributed by atoms with E-state index >= 15 is 0 Å². The number of esters is 1. The van der Waals surface area contributed by atoms with E-state index in [4.69, 9.17) is 28.8 Å². The Morgan fingerprint density at radius 2 is 1.46 bits per heavy atom. The van der Waals surface area contributed by atoms with E-state index in [1.807, 2.05) is 54.6 Å². The largest absolute Gasteiger partial charge is 0.497 e. The predicted molar refractivity (Wildman–Crippen MR) is 259 cm³/mol. The summed E-state index contributed by atoms with van der Waals surface area (Å²) in [6.45, 7) is -0.777. The number of carbonyl (C=O) groups excluding carboxylic acids is 3. The van der Waals surface area contributed by atoms with Crippen molar-refractivity contribution >= 4 is 63.5 Å². The fourth-order valence-electron chi connectivity index (χ4n) is 7.73. The van der Waals surface area contributed by atoms with Crippen molar-refractivity contribution in [1.82, 2.24) is 15.2 Å². The minimum Gasteiger partial charge on any atom is -0.497 e. The van der Waals surface area contributed by atoms with Crippen LogP contribution >= 0.6 is 34.9 Å². The Bertz CT molecular complexity index is 2650. The first-order valence-corrected chi connectivity index (χ1v) is 24.0. The van der Waals surface area contributed by atoms with Crippen molar-refractivity contribution in [1.29, 1.82) is 0 Å². The smallest absolute Gasteiger partial charge is 0.356 e. The number of rotatable bonds is 20. The van der Waals surface area contributed by atoms with Crippen LogP contribution in [0.1, 0.15) is 33.5 Å². The molecule has 6 aromatic rings. The molecule has 344 valence electrons. The average Bonchev–Trinajstić information content (AvgIpc) is 3.85. The van der Waals surface area contributed by atoms with E-state index in [0.29, 0.717) is 44.2 Å². The number of thioether (sulfide) groups is 2. The molecule has 13 nitrogen and oxygen atoms in total. The second kappa shape index (κ2) is 21.7. The minimum atomic E-state index is -1.06. The summed E-state index contributed by atoms with van der Waals surface area (Å²) in [4.78, 5) is 55.0. The molecule has 3 heterocycles. The van der Waals surface area contributed by atoms with Gasteiger partial charge in [0.05, 0.1) is 28.0 Å². The first-order chi connectivity index (χ1) is 32.8. The predicted octanol–water partition coefficient (Wildman–Crippen LogP) is 8.55. The van der Waals surface area contributed by atoms with Gasteiger partial charge < -0.3 is 34.4 Å². The van der Waals surface area contributed by atoms with E-state index in [1.54, 1.807) is 62.1 Å². The summed E-state index contributed by atoms with van der Waals surface area (Å²) in [5.74, 6) is 0.100. The van der Waals surface area contributed by atoms with Crippen LogP contribution in [0, 0.1) is 0 Å². The number of oxime groups is 1. The van der Waals surface area contributed by atoms with E-state index in [2.05, 4.69) is 52.2 Å². The normalized spacial score (nSPS) is 15.8. The lowest BCUT2D eigenvalue weighted by Crippen LogP contribution is -2.71. The fraction of sp³-hybridized carbons (Fsp3) is 0.220. The summed E-state index contributed by atoms with van der Waals surface area (Å²) in [7, 11) is 4.63. The topological polar surface area (TPSA) is 150 Å². The molecule has 1 fully saturated rings. The molecule has 2 aliphatic heterocycles. The number of amides is 2. The Morgan fingerprint density at radius 3 is 2.06 bits per heavy atom. The zero-order chi connectivity index (χ0) is 46.8. The number of carbonyl (C=O) groups is 3. The molecule has 2 aliphatic rings. The number of halogens is 1. The highest BCUT2D eigenvalue weighted by Gasteiger charge is 2.55. The molecule has 5 aromatic carbocycles. The Morgan fingerprint density at radius 1 is 0.836 bits per heavy atom. The zero-order valence-electron chi connectivity index (χ0n) is 36.7. The summed E-state index contributed by atoms with van der Waals surface area (Å²) >= 11 is 3.77. The Balaban J connectivity index is 1.09. The number of alkyl halides is 1. The quantitative estimate of drug-likeness (QED) is 0.0248. The monoisotopic (exact) mass is 959 g/mol. The van der Waals surface area contributed by atoms with Crippen LogP contribution < -0.4 is 24.8 Å². The fourth-order valence-corrected chi connectivity index (χ4v) is 10.8. The van der Waals surface area contributed by atoms with Crippen LogP contribution in [0.2, 0.25) is 0 Å². The number of β-lactam (4-membered cyclic amide) rings is 1. The maximum Gasteiger partial charge on any atom is 0.356 e. The van der Waals surface area contributed by atoms with Gasteiger partial charge in [0.1, 0.15) is 58.8 Å². The number of nitrogens with one attached hydrogen (secondary N) is 2. The van der Waals surface area contributed by atoms with Crippen LogP contribution in [0.15, 0.2) is 155 Å². The van der Waals surface area contributed by atoms with Gasteiger partial charge in [0.15, 0.2) is 10.8 Å². The second-order valence-corrected chi connectivity index (χ2v) is 18.1. The number of aromatic nitrogens is 1. The lowest BCUT2D eigenvalue weighted by atomic mass is 9.77. The maximum atomic E-state index is 14.5. The van der Waals surface area contributed by atoms with Gasteiger partial charge in [-0.15, -0.1) is 34.9 Å². The van der Waals surface area contributed by atoms with Crippen molar-refractivity contribution in [3.05, 3.63) is 183 Å². The number of thiazole rings is 1. The molecule has 0 spiro atoms. The van der Waals surface area contributed by atoms with E-state index in [1.165, 1.54) is 35.1 Å². The maximum absolute atomic E-state index is 14.5. The Kier molecular flexibility index (Phi) is 15.1. The molecule has 0 aliphatic carbocycles. The molecule has 1 aromatic heterocycles. The summed E-state index contributed by atoms with van der Waals surface area (Å²) in [6, 6.07) is 41.3. The third-order valence-electron chi connectivity index (χ3n) is 11.0. The highest BCUT2D eigenvalue weighted by Crippen LogP contribution is 2.44. The summed E-state index contributed by atoms with van der Waals surface area (Å²) < 4.78 is 35.3. The molecule has 17 heteroatoms. The van der Waals surface area contributed by atoms with E-state index in [9.17, 15) is 18.8 Å². The molecule has 0 unspecified atom stereocenters. The molecular weight excluding hydrogens is 914 g/mol. The molecule has 2 N–H and O–H groups in total. The van der Waals surface area contributed by atoms with Crippen molar-refractivity contribution in [3.8, 4) is 17.2 Å². The number of hydrogen-bond acceptors (Lipinski definition) is 14. The minimum absolute atomic E-state index is 0.0332. The third kappa shape index (κ3) is 10.1. The van der Waals surface area contributed by atoms with Crippen LogP contribution in [0.3, 0.4) is 0 Å². The number of fused-ring (bicyclic) bond motifs is 1. The molecule has 2 amide bonds. The van der Waals surface area contributed by atoms with Crippen LogP contribution in [0.4, 0.5) is 9.52 Å². The molecule has 0 bridgehead atoms. The number of methoxy groups -OCH3 is 3. The number of nitrogens with zero attached hydrogens (tertiary/aromatic N) is 3. The zero-order valence-corrected chi connectivity index (χ0v) is 39.1. The first kappa shape index (κ1) is 46.7. The second-order valence-electron chi connectivity index (χ2n) is 15.0. The van der Waals surface area contributed by atoms with Gasteiger partial charge >= 0.3 is 5.97 Å². The van der Waals surface area contributed by atoms with Gasteiger partial charge in [-0.2, -0.15) is 0 Å². The summed E-state index contributed by atoms with van der Waals surface area (Å²) in [5.41, 5.74) is 3.31. The summed E-state index contributed by atoms with van der Waals surface area (Å²) in [5, 5.41) is 12.5. The van der Waals surface area contributed by atoms with E-state index in [0.717, 1.165) is 28.5 Å². The Hall–Kier alpha value is -6.82. The van der Waals surface area contributed by atoms with Crippen molar-refractivity contribution in [2.45, 2.75) is 30.2 Å². The van der Waals surface area contributed by atoms with Gasteiger partial charge in [-0.05, 0) is 46.5 Å². The number of anilines is 1. The molecule has 2 atom stereocenters. The molecule has 0 saturated carbocycles. The van der Waals surface area contributed by atoms with Crippen LogP contribution in [0.5, 0.6) is 17.2 Å². The standard InChI is InChI=1S/C50H46FN5O8S3/c1-60-37-22-19-32(20-23-37)28-63-48(59)44-41(65-26-25-51)31-66-47-43(46(58)56(44)47)53-45(57)42(55-64-29-33-21-24-38(61-2)27-40(33)62-3)39-30-67-49(52-39)54-50(34-13-7-4-8-14-34,35-15-9-5-10-16-35)36-17-11-6-12-18-36/h4-24,27,30,43,47H,25-26,28-29,31H2,1-3H3,(H,52,54)(H,53,57)/b55-42-/t43-,47-/m1/s1. The number of benzene rings is 5. The SMILES string of the molecule is COc1ccc(COC(=O)C2=C(SCCF)CS[C@@H]3[C@H](NC(=O)/C(=N\OCc4ccc(OC)cc4OC)c4csc(NC(c5ccccc5)(c5ccccc5)c5ccccc5)n4)C(=O)N23)cc1. The van der Waals surface area contributed by atoms with Gasteiger partial charge in [0, 0.05) is 33.4 Å². The van der Waals surface area contributed by atoms with Crippen LogP contribution in [-0.4, -0.2) is 84.3 Å². The van der Waals surface area contributed by atoms with Crippen molar-refractivity contribution in [3.63, 3.8) is 0 Å². The summed E-state index contributed by atoms with van der Waals surface area (Å²) in [6.07, 6.45) is 0. The van der Waals surface area contributed by atoms with Gasteiger partial charge in [-0.3, -0.25) is 18.9 Å². The third-order valence-corrected chi connectivity index (χ3v) is 14.3. The first-order valence-electron chi connectivity index (χ1n) is 21.1. The van der Waals surface area contributed by atoms with Gasteiger partial charge in [0.25, 0.3) is 11.8 Å². The number of ether oxygens (including phenoxy) is 4. The molecular formula is C50H46FN5O8S3. The van der Waals surface area contributed by atoms with Crippen molar-refractivity contribution in [2.24, 2.45) is 5.16 Å². The molecule has 8 rings (SSSR count). The molecule has 67 heavy (non-hydrogen) atoms. The van der Waals surface area contributed by atoms with Gasteiger partial charge in [-0.25, -0.2) is 9.78 Å². The van der Waals surface area contributed by atoms with E-state index < -0.39 is 41.4 Å². The number of hydrogen-bond donors (Lipinski definition) is 2. The van der Waals surface area contributed by atoms with Crippen LogP contribution in [0.25, 0.3) is 0 Å². The average molecular weight is 960 g/mol. The van der Waals surface area contributed by atoms with E-state index in [-0.39, 0.29) is 36.1 Å². The van der Waals surface area contributed by atoms with Crippen molar-refractivity contribution in [2.75, 3.05) is 44.8 Å². The Labute approximate surface area is 399 Å². The lowest BCUT2D eigenvalue weighted by molar-refractivity contribution is -0.153. The van der Waals surface area contributed by atoms with Crippen LogP contribution in [-0.2, 0) is 42.7 Å². The molecule has 0 radical (unpaired) electrons. The van der Waals surface area contributed by atoms with Gasteiger partial charge in [0.2, 0.25) is 0 Å².